The Morgan fingerprint density at radius 2 is 1.52 bits per heavy atom. The van der Waals surface area contributed by atoms with E-state index in [1.54, 1.807) is 36.4 Å². The molecule has 1 aliphatic rings. The summed E-state index contributed by atoms with van der Waals surface area (Å²) in [5, 5.41) is 13.9. The Morgan fingerprint density at radius 1 is 0.879 bits per heavy atom. The third-order valence-corrected chi connectivity index (χ3v) is 6.73. The van der Waals surface area contributed by atoms with Crippen molar-refractivity contribution in [2.24, 2.45) is 0 Å². The summed E-state index contributed by atoms with van der Waals surface area (Å²) >= 11 is 3.47. The van der Waals surface area contributed by atoms with Gasteiger partial charge < -0.3 is 10.4 Å². The summed E-state index contributed by atoms with van der Waals surface area (Å²) in [6.45, 7) is 0. The van der Waals surface area contributed by atoms with Gasteiger partial charge in [-0.2, -0.15) is 0 Å². The number of carbonyl (C=O) groups is 2. The molecule has 0 spiro atoms. The molecule has 1 atom stereocenters. The zero-order chi connectivity index (χ0) is 23.2. The first-order chi connectivity index (χ1) is 16.1. The number of benzene rings is 3. The van der Waals surface area contributed by atoms with Crippen LogP contribution in [0.15, 0.2) is 83.3 Å². The summed E-state index contributed by atoms with van der Waals surface area (Å²) in [6, 6.07) is 22.1. The van der Waals surface area contributed by atoms with Crippen molar-refractivity contribution in [1.82, 2.24) is 5.32 Å². The lowest BCUT2D eigenvalue weighted by Gasteiger charge is -2.34. The minimum atomic E-state index is -0.943. The fourth-order valence-electron chi connectivity index (χ4n) is 4.38. The van der Waals surface area contributed by atoms with Gasteiger partial charge in [0.05, 0.1) is 11.3 Å². The zero-order valence-corrected chi connectivity index (χ0v) is 19.9. The van der Waals surface area contributed by atoms with Crippen LogP contribution >= 0.6 is 15.9 Å². The largest absolute Gasteiger partial charge is 0.506 e. The van der Waals surface area contributed by atoms with Gasteiger partial charge >= 0.3 is 0 Å². The second kappa shape index (κ2) is 10.7. The van der Waals surface area contributed by atoms with Crippen LogP contribution in [0.25, 0.3) is 0 Å². The summed E-state index contributed by atoms with van der Waals surface area (Å²) in [7, 11) is 0. The molecule has 3 aromatic carbocycles. The van der Waals surface area contributed by atoms with Crippen LogP contribution < -0.4 is 10.2 Å². The van der Waals surface area contributed by atoms with Crippen LogP contribution in [0.2, 0.25) is 0 Å². The normalized spacial score (nSPS) is 14.9. The molecule has 5 nitrogen and oxygen atoms in total. The second-order valence-electron chi connectivity index (χ2n) is 8.30. The smallest absolute Gasteiger partial charge is 0.260 e. The molecule has 2 amide bonds. The van der Waals surface area contributed by atoms with E-state index in [0.29, 0.717) is 15.6 Å². The molecule has 0 heterocycles. The van der Waals surface area contributed by atoms with Crippen molar-refractivity contribution in [2.45, 2.75) is 44.2 Å². The van der Waals surface area contributed by atoms with Gasteiger partial charge in [0.2, 0.25) is 5.91 Å². The molecule has 1 saturated carbocycles. The number of carbonyl (C=O) groups excluding carboxylic acids is 2. The van der Waals surface area contributed by atoms with Crippen LogP contribution in [0.3, 0.4) is 0 Å². The maximum Gasteiger partial charge on any atom is 0.260 e. The van der Waals surface area contributed by atoms with Crippen molar-refractivity contribution in [3.63, 3.8) is 0 Å². The highest BCUT2D eigenvalue weighted by atomic mass is 79.9. The zero-order valence-electron chi connectivity index (χ0n) is 18.3. The molecular formula is C27H27BrN2O3. The van der Waals surface area contributed by atoms with E-state index < -0.39 is 6.04 Å². The van der Waals surface area contributed by atoms with Crippen molar-refractivity contribution in [1.29, 1.82) is 0 Å². The predicted octanol–water partition coefficient (Wildman–Crippen LogP) is 5.99. The minimum absolute atomic E-state index is 0.0655. The molecule has 0 radical (unpaired) electrons. The van der Waals surface area contributed by atoms with E-state index >= 15 is 0 Å². The van der Waals surface area contributed by atoms with Gasteiger partial charge in [0.25, 0.3) is 5.91 Å². The predicted molar refractivity (Wildman–Crippen MR) is 133 cm³/mol. The van der Waals surface area contributed by atoms with Gasteiger partial charge in [-0.05, 0) is 58.6 Å². The van der Waals surface area contributed by atoms with Crippen molar-refractivity contribution < 1.29 is 14.7 Å². The first kappa shape index (κ1) is 23.1. The number of nitrogens with zero attached hydrogens (tertiary/aromatic N) is 1. The molecule has 1 unspecified atom stereocenters. The molecule has 4 rings (SSSR count). The van der Waals surface area contributed by atoms with Crippen molar-refractivity contribution >= 4 is 33.4 Å². The summed E-state index contributed by atoms with van der Waals surface area (Å²) in [5.41, 5.74) is 1.37. The summed E-state index contributed by atoms with van der Waals surface area (Å²) in [4.78, 5) is 29.1. The molecule has 0 aliphatic heterocycles. The lowest BCUT2D eigenvalue weighted by Crippen LogP contribution is -2.47. The van der Waals surface area contributed by atoms with Crippen LogP contribution in [0.1, 0.15) is 54.1 Å². The molecule has 1 aliphatic carbocycles. The minimum Gasteiger partial charge on any atom is -0.506 e. The average molecular weight is 507 g/mol. The fraction of sp³-hybridized carbons (Fsp3) is 0.259. The van der Waals surface area contributed by atoms with E-state index in [2.05, 4.69) is 21.2 Å². The Kier molecular flexibility index (Phi) is 7.45. The number of hydrogen-bond acceptors (Lipinski definition) is 3. The Morgan fingerprint density at radius 3 is 2.21 bits per heavy atom. The maximum absolute atomic E-state index is 13.9. The molecule has 3 aromatic rings. The van der Waals surface area contributed by atoms with E-state index in [9.17, 15) is 14.7 Å². The van der Waals surface area contributed by atoms with E-state index in [1.165, 1.54) is 17.4 Å². The Hall–Kier alpha value is -3.12. The van der Waals surface area contributed by atoms with Crippen LogP contribution in [-0.2, 0) is 4.79 Å². The number of phenols is 1. The molecule has 0 saturated heterocycles. The van der Waals surface area contributed by atoms with Crippen LogP contribution in [-0.4, -0.2) is 23.0 Å². The third kappa shape index (κ3) is 5.28. The standard InChI is InChI=1S/C27H27BrN2O3/c28-22-16-8-7-15-21(22)27(33)30(23-17-9-10-18-24(23)31)25(19-11-3-1-4-12-19)26(32)29-20-13-5-2-6-14-20/h1,3-4,7-12,15-18,20,25,31H,2,5-6,13-14H2,(H,29,32). The summed E-state index contributed by atoms with van der Waals surface area (Å²) in [5.74, 6) is -0.697. The molecular weight excluding hydrogens is 480 g/mol. The Balaban J connectivity index is 1.82. The van der Waals surface area contributed by atoms with Crippen molar-refractivity contribution in [3.8, 4) is 5.75 Å². The number of halogens is 1. The number of phenolic OH excluding ortho intramolecular Hbond substituents is 1. The SMILES string of the molecule is O=C(NC1CCCCC1)C(c1ccccc1)N(C(=O)c1ccccc1Br)c1ccccc1O. The van der Waals surface area contributed by atoms with Gasteiger partial charge in [-0.15, -0.1) is 0 Å². The fourth-order valence-corrected chi connectivity index (χ4v) is 4.83. The molecule has 1 fully saturated rings. The number of aromatic hydroxyl groups is 1. The van der Waals surface area contributed by atoms with Crippen LogP contribution in [0.4, 0.5) is 5.69 Å². The topological polar surface area (TPSA) is 69.6 Å². The van der Waals surface area contributed by atoms with E-state index in [0.717, 1.165) is 25.7 Å². The van der Waals surface area contributed by atoms with Gasteiger partial charge in [-0.25, -0.2) is 0 Å². The molecule has 0 aromatic heterocycles. The Bertz CT molecular complexity index is 1110. The van der Waals surface area contributed by atoms with Gasteiger partial charge in [0.1, 0.15) is 11.8 Å². The Labute approximate surface area is 202 Å². The lowest BCUT2D eigenvalue weighted by atomic mass is 9.94. The number of anilines is 1. The molecule has 0 bridgehead atoms. The number of amides is 2. The summed E-state index contributed by atoms with van der Waals surface area (Å²) in [6.07, 6.45) is 5.21. The highest BCUT2D eigenvalue weighted by molar-refractivity contribution is 9.10. The van der Waals surface area contributed by atoms with Crippen LogP contribution in [0, 0.1) is 0 Å². The molecule has 33 heavy (non-hydrogen) atoms. The van der Waals surface area contributed by atoms with Crippen molar-refractivity contribution in [3.05, 3.63) is 94.5 Å². The number of hydrogen-bond donors (Lipinski definition) is 2. The first-order valence-electron chi connectivity index (χ1n) is 11.3. The molecule has 6 heteroatoms. The number of rotatable bonds is 6. The molecule has 2 N–H and O–H groups in total. The quantitative estimate of drug-likeness (QED) is 0.431. The van der Waals surface area contributed by atoms with Gasteiger partial charge in [-0.1, -0.05) is 73.9 Å². The first-order valence-corrected chi connectivity index (χ1v) is 12.1. The van der Waals surface area contributed by atoms with Crippen LogP contribution in [0.5, 0.6) is 5.75 Å². The third-order valence-electron chi connectivity index (χ3n) is 6.04. The van der Waals surface area contributed by atoms with Gasteiger partial charge in [-0.3, -0.25) is 14.5 Å². The number of nitrogens with one attached hydrogen (secondary N) is 1. The van der Waals surface area contributed by atoms with E-state index in [1.807, 2.05) is 36.4 Å². The van der Waals surface area contributed by atoms with Crippen molar-refractivity contribution in [2.75, 3.05) is 4.90 Å². The van der Waals surface area contributed by atoms with Gasteiger partial charge in [0, 0.05) is 10.5 Å². The average Bonchev–Trinajstić information content (AvgIpc) is 2.84. The van der Waals surface area contributed by atoms with Gasteiger partial charge in [0.15, 0.2) is 0 Å². The highest BCUT2D eigenvalue weighted by Crippen LogP contribution is 2.36. The number of para-hydroxylation sites is 2. The molecule has 170 valence electrons. The van der Waals surface area contributed by atoms with E-state index in [-0.39, 0.29) is 29.3 Å². The second-order valence-corrected chi connectivity index (χ2v) is 9.15. The maximum atomic E-state index is 13.9. The summed E-state index contributed by atoms with van der Waals surface area (Å²) < 4.78 is 0.620. The monoisotopic (exact) mass is 506 g/mol. The highest BCUT2D eigenvalue weighted by Gasteiger charge is 2.36. The lowest BCUT2D eigenvalue weighted by molar-refractivity contribution is -0.123. The van der Waals surface area contributed by atoms with E-state index in [4.69, 9.17) is 0 Å².